The van der Waals surface area contributed by atoms with Crippen LogP contribution in [0.3, 0.4) is 0 Å². The number of carbonyl (C=O) groups is 4. The molecule has 36 heavy (non-hydrogen) atoms. The van der Waals surface area contributed by atoms with Crippen LogP contribution in [0, 0.1) is 5.82 Å². The van der Waals surface area contributed by atoms with Crippen LogP contribution in [-0.4, -0.2) is 44.6 Å². The quantitative estimate of drug-likeness (QED) is 0.332. The van der Waals surface area contributed by atoms with Gasteiger partial charge in [-0.25, -0.2) is 9.37 Å². The highest BCUT2D eigenvalue weighted by atomic mass is 32.1. The maximum absolute atomic E-state index is 14.3. The Hall–Kier alpha value is -4.65. The van der Waals surface area contributed by atoms with Gasteiger partial charge >= 0.3 is 0 Å². The molecule has 4 heterocycles. The van der Waals surface area contributed by atoms with Gasteiger partial charge in [-0.2, -0.15) is 4.37 Å². The van der Waals surface area contributed by atoms with Crippen LogP contribution < -0.4 is 21.3 Å². The number of carbonyl (C=O) groups excluding carboxylic acids is 4. The lowest BCUT2D eigenvalue weighted by Crippen LogP contribution is -2.57. The molecule has 0 bridgehead atoms. The van der Waals surface area contributed by atoms with Crippen LogP contribution in [0.25, 0.3) is 10.1 Å². The standard InChI is InChI=1S/C23H16FN7O4S/c1-25-21(34)19-27-18(28-20(33)16-11-4-2-3-5-14(11)36-30-16)17-23(29-15(32)9-31(17)19)12-8-10(24)6-7-13(12)26-22(23)35/h2-8H,9H2,1H3,(H,25,34)(H,26,35)(H,28,33)(H,29,32)/t23-/m1/s1. The van der Waals surface area contributed by atoms with E-state index in [1.165, 1.54) is 23.7 Å². The first kappa shape index (κ1) is 21.9. The van der Waals surface area contributed by atoms with Crippen molar-refractivity contribution in [1.82, 2.24) is 24.6 Å². The second-order valence-corrected chi connectivity index (χ2v) is 9.03. The maximum Gasteiger partial charge on any atom is 0.287 e. The molecule has 180 valence electrons. The maximum atomic E-state index is 14.3. The summed E-state index contributed by atoms with van der Waals surface area (Å²) in [4.78, 5) is 56.5. The third-order valence-corrected chi connectivity index (χ3v) is 7.01. The van der Waals surface area contributed by atoms with Gasteiger partial charge in [0.15, 0.2) is 11.4 Å². The van der Waals surface area contributed by atoms with Gasteiger partial charge in [0.25, 0.3) is 17.7 Å². The SMILES string of the molecule is CNC(=O)c1nc(NC(=O)c2nsc3ccccc23)c2n1CC(=O)N[C@@]21C(=O)Nc2ccc(F)cc21. The zero-order chi connectivity index (χ0) is 25.2. The molecule has 4 amide bonds. The van der Waals surface area contributed by atoms with Gasteiger partial charge in [0.1, 0.15) is 23.7 Å². The number of aromatic nitrogens is 3. The van der Waals surface area contributed by atoms with E-state index in [0.717, 1.165) is 22.3 Å². The molecule has 2 aromatic carbocycles. The predicted octanol–water partition coefficient (Wildman–Crippen LogP) is 1.57. The van der Waals surface area contributed by atoms with Crippen molar-refractivity contribution in [1.29, 1.82) is 0 Å². The lowest BCUT2D eigenvalue weighted by molar-refractivity contribution is -0.131. The second-order valence-electron chi connectivity index (χ2n) is 8.22. The van der Waals surface area contributed by atoms with Gasteiger partial charge in [-0.3, -0.25) is 19.2 Å². The third-order valence-electron chi connectivity index (χ3n) is 6.18. The molecule has 2 aromatic heterocycles. The Morgan fingerprint density at radius 2 is 1.97 bits per heavy atom. The minimum absolute atomic E-state index is 0.0236. The molecule has 0 saturated heterocycles. The summed E-state index contributed by atoms with van der Waals surface area (Å²) in [6.07, 6.45) is 0. The van der Waals surface area contributed by atoms with E-state index < -0.39 is 35.0 Å². The number of hydrogen-bond acceptors (Lipinski definition) is 7. The number of halogens is 1. The molecule has 0 unspecified atom stereocenters. The lowest BCUT2D eigenvalue weighted by atomic mass is 9.85. The Morgan fingerprint density at radius 3 is 2.78 bits per heavy atom. The molecule has 0 saturated carbocycles. The zero-order valence-electron chi connectivity index (χ0n) is 18.5. The first-order chi connectivity index (χ1) is 17.3. The van der Waals surface area contributed by atoms with Crippen molar-refractivity contribution in [3.05, 3.63) is 71.1 Å². The van der Waals surface area contributed by atoms with Crippen LogP contribution in [0.1, 0.15) is 32.4 Å². The highest BCUT2D eigenvalue weighted by Crippen LogP contribution is 2.45. The summed E-state index contributed by atoms with van der Waals surface area (Å²) in [7, 11) is 1.38. The van der Waals surface area contributed by atoms with Crippen molar-refractivity contribution in [3.63, 3.8) is 0 Å². The van der Waals surface area contributed by atoms with Crippen LogP contribution in [0.15, 0.2) is 42.5 Å². The Balaban J connectivity index is 1.57. The van der Waals surface area contributed by atoms with Crippen molar-refractivity contribution in [2.75, 3.05) is 17.7 Å². The van der Waals surface area contributed by atoms with Gasteiger partial charge in [-0.15, -0.1) is 0 Å². The molecule has 4 N–H and O–H groups in total. The number of rotatable bonds is 3. The monoisotopic (exact) mass is 505 g/mol. The fraction of sp³-hybridized carbons (Fsp3) is 0.130. The average Bonchev–Trinajstić information content (AvgIpc) is 3.52. The Bertz CT molecular complexity index is 1640. The summed E-state index contributed by atoms with van der Waals surface area (Å²) in [5.41, 5.74) is -1.37. The molecular formula is C23H16FN7O4S. The number of benzene rings is 2. The van der Waals surface area contributed by atoms with Gasteiger partial charge in [-0.1, -0.05) is 18.2 Å². The molecular weight excluding hydrogens is 489 g/mol. The van der Waals surface area contributed by atoms with Crippen molar-refractivity contribution in [2.45, 2.75) is 12.1 Å². The zero-order valence-corrected chi connectivity index (χ0v) is 19.3. The van der Waals surface area contributed by atoms with Crippen LogP contribution >= 0.6 is 11.5 Å². The normalized spacial score (nSPS) is 17.9. The van der Waals surface area contributed by atoms with Gasteiger partial charge in [-0.05, 0) is 35.8 Å². The largest absolute Gasteiger partial charge is 0.352 e. The van der Waals surface area contributed by atoms with Gasteiger partial charge < -0.3 is 25.8 Å². The molecule has 4 aromatic rings. The van der Waals surface area contributed by atoms with Crippen LogP contribution in [0.2, 0.25) is 0 Å². The minimum atomic E-state index is -1.93. The smallest absolute Gasteiger partial charge is 0.287 e. The van der Waals surface area contributed by atoms with E-state index in [2.05, 4.69) is 30.6 Å². The summed E-state index contributed by atoms with van der Waals surface area (Å²) in [6, 6.07) is 10.8. The third kappa shape index (κ3) is 2.95. The number of anilines is 2. The summed E-state index contributed by atoms with van der Waals surface area (Å²) < 4.78 is 20.6. The molecule has 11 nitrogen and oxygen atoms in total. The fourth-order valence-electron chi connectivity index (χ4n) is 4.66. The Labute approximate surface area is 205 Å². The van der Waals surface area contributed by atoms with E-state index in [-0.39, 0.29) is 40.8 Å². The van der Waals surface area contributed by atoms with Gasteiger partial charge in [0, 0.05) is 23.7 Å². The topological polar surface area (TPSA) is 147 Å². The van der Waals surface area contributed by atoms with E-state index in [1.54, 1.807) is 12.1 Å². The van der Waals surface area contributed by atoms with Crippen LogP contribution in [0.5, 0.6) is 0 Å². The Morgan fingerprint density at radius 1 is 1.17 bits per heavy atom. The second kappa shape index (κ2) is 7.68. The molecule has 0 aliphatic carbocycles. The van der Waals surface area contributed by atoms with E-state index >= 15 is 0 Å². The Kier molecular flexibility index (Phi) is 4.66. The van der Waals surface area contributed by atoms with Crippen LogP contribution in [-0.2, 0) is 21.7 Å². The van der Waals surface area contributed by atoms with Crippen molar-refractivity contribution in [2.24, 2.45) is 0 Å². The number of nitrogens with zero attached hydrogens (tertiary/aromatic N) is 3. The summed E-state index contributed by atoms with van der Waals surface area (Å²) in [5.74, 6) is -3.52. The molecule has 6 rings (SSSR count). The highest BCUT2D eigenvalue weighted by molar-refractivity contribution is 7.13. The van der Waals surface area contributed by atoms with Crippen LogP contribution in [0.4, 0.5) is 15.9 Å². The van der Waals surface area contributed by atoms with Gasteiger partial charge in [0.2, 0.25) is 11.7 Å². The minimum Gasteiger partial charge on any atom is -0.352 e. The van der Waals surface area contributed by atoms with Crippen molar-refractivity contribution >= 4 is 56.8 Å². The number of amides is 4. The molecule has 2 aliphatic heterocycles. The molecule has 13 heteroatoms. The number of hydrogen-bond donors (Lipinski definition) is 4. The molecule has 2 aliphatic rings. The molecule has 0 radical (unpaired) electrons. The molecule has 1 spiro atoms. The summed E-state index contributed by atoms with van der Waals surface area (Å²) >= 11 is 1.14. The number of nitrogens with one attached hydrogen (secondary N) is 4. The molecule has 1 atom stereocenters. The average molecular weight is 505 g/mol. The number of imidazole rings is 1. The summed E-state index contributed by atoms with van der Waals surface area (Å²) in [5, 5.41) is 11.0. The first-order valence-corrected chi connectivity index (χ1v) is 11.5. The van der Waals surface area contributed by atoms with E-state index in [9.17, 15) is 23.6 Å². The van der Waals surface area contributed by atoms with E-state index in [0.29, 0.717) is 5.39 Å². The van der Waals surface area contributed by atoms with E-state index in [1.807, 2.05) is 12.1 Å². The fourth-order valence-corrected chi connectivity index (χ4v) is 5.43. The first-order valence-electron chi connectivity index (χ1n) is 10.7. The van der Waals surface area contributed by atoms with Crippen molar-refractivity contribution < 1.29 is 23.6 Å². The predicted molar refractivity (Wildman–Crippen MR) is 127 cm³/mol. The summed E-state index contributed by atoms with van der Waals surface area (Å²) in [6.45, 7) is -0.347. The lowest BCUT2D eigenvalue weighted by Gasteiger charge is -2.34. The molecule has 0 fully saturated rings. The van der Waals surface area contributed by atoms with Gasteiger partial charge in [0.05, 0.1) is 4.70 Å². The highest BCUT2D eigenvalue weighted by Gasteiger charge is 2.56. The number of fused-ring (bicyclic) bond motifs is 5. The van der Waals surface area contributed by atoms with E-state index in [4.69, 9.17) is 0 Å². The van der Waals surface area contributed by atoms with Crippen molar-refractivity contribution in [3.8, 4) is 0 Å².